The first kappa shape index (κ1) is 12.9. The Kier molecular flexibility index (Phi) is 3.06. The molecule has 0 atom stereocenters. The Morgan fingerprint density at radius 1 is 1.40 bits per heavy atom. The zero-order valence-electron chi connectivity index (χ0n) is 11.1. The molecular formula is C15H13NO3S. The van der Waals surface area contributed by atoms with Crippen LogP contribution in [0.5, 0.6) is 0 Å². The zero-order valence-corrected chi connectivity index (χ0v) is 12.0. The number of carbonyl (C=O) groups is 1. The number of furan rings is 1. The van der Waals surface area contributed by atoms with Gasteiger partial charge in [-0.1, -0.05) is 25.1 Å². The lowest BCUT2D eigenvalue weighted by Gasteiger charge is -1.93. The molecule has 0 amide bonds. The molecule has 1 aromatic carbocycles. The third-order valence-electron chi connectivity index (χ3n) is 3.21. The molecule has 0 fully saturated rings. The van der Waals surface area contributed by atoms with E-state index in [1.807, 2.05) is 38.1 Å². The molecule has 4 nitrogen and oxygen atoms in total. The summed E-state index contributed by atoms with van der Waals surface area (Å²) >= 11 is 1.21. The lowest BCUT2D eigenvalue weighted by Crippen LogP contribution is -1.97. The van der Waals surface area contributed by atoms with Crippen molar-refractivity contribution in [2.24, 2.45) is 0 Å². The van der Waals surface area contributed by atoms with E-state index in [1.165, 1.54) is 11.3 Å². The molecule has 102 valence electrons. The molecule has 0 bridgehead atoms. The first-order chi connectivity index (χ1) is 9.61. The Balaban J connectivity index is 2.26. The fourth-order valence-corrected chi connectivity index (χ4v) is 3.40. The monoisotopic (exact) mass is 287 g/mol. The SMILES string of the molecule is CCc1nc(-c2c(C)oc3ccccc23)sc1C(=O)O. The van der Waals surface area contributed by atoms with Gasteiger partial charge >= 0.3 is 5.97 Å². The predicted octanol–water partition coefficient (Wildman–Crippen LogP) is 4.13. The largest absolute Gasteiger partial charge is 0.477 e. The van der Waals surface area contributed by atoms with Crippen molar-refractivity contribution in [1.29, 1.82) is 0 Å². The molecule has 0 aliphatic rings. The molecule has 1 N–H and O–H groups in total. The van der Waals surface area contributed by atoms with Crippen molar-refractivity contribution in [3.05, 3.63) is 40.6 Å². The first-order valence-corrected chi connectivity index (χ1v) is 7.15. The third-order valence-corrected chi connectivity index (χ3v) is 4.31. The minimum atomic E-state index is -0.920. The maximum absolute atomic E-state index is 11.3. The molecule has 2 heterocycles. The van der Waals surface area contributed by atoms with E-state index in [2.05, 4.69) is 4.98 Å². The van der Waals surface area contributed by atoms with Crippen molar-refractivity contribution >= 4 is 28.3 Å². The van der Waals surface area contributed by atoms with Crippen molar-refractivity contribution in [2.75, 3.05) is 0 Å². The zero-order chi connectivity index (χ0) is 14.3. The normalized spacial score (nSPS) is 11.1. The number of benzene rings is 1. The average Bonchev–Trinajstić information content (AvgIpc) is 2.98. The summed E-state index contributed by atoms with van der Waals surface area (Å²) in [6.07, 6.45) is 0.604. The van der Waals surface area contributed by atoms with Gasteiger partial charge in [0.25, 0.3) is 0 Å². The van der Waals surface area contributed by atoms with E-state index >= 15 is 0 Å². The van der Waals surface area contributed by atoms with Gasteiger partial charge in [-0.2, -0.15) is 0 Å². The second-order valence-electron chi connectivity index (χ2n) is 4.48. The Bertz CT molecular complexity index is 801. The Morgan fingerprint density at radius 3 is 2.80 bits per heavy atom. The van der Waals surface area contributed by atoms with Crippen LogP contribution < -0.4 is 0 Å². The van der Waals surface area contributed by atoms with Crippen LogP contribution in [0.1, 0.15) is 28.0 Å². The van der Waals surface area contributed by atoms with E-state index < -0.39 is 5.97 Å². The van der Waals surface area contributed by atoms with E-state index in [0.717, 1.165) is 22.3 Å². The van der Waals surface area contributed by atoms with Gasteiger partial charge in [-0.05, 0) is 19.4 Å². The number of rotatable bonds is 3. The fourth-order valence-electron chi connectivity index (χ4n) is 2.30. The van der Waals surface area contributed by atoms with Crippen molar-refractivity contribution in [3.63, 3.8) is 0 Å². The summed E-state index contributed by atoms with van der Waals surface area (Å²) in [7, 11) is 0. The highest BCUT2D eigenvalue weighted by atomic mass is 32.1. The average molecular weight is 287 g/mol. The van der Waals surface area contributed by atoms with Crippen LogP contribution in [0.3, 0.4) is 0 Å². The van der Waals surface area contributed by atoms with Gasteiger partial charge in [-0.3, -0.25) is 0 Å². The number of carboxylic acid groups (broad SMARTS) is 1. The summed E-state index contributed by atoms with van der Waals surface area (Å²) in [4.78, 5) is 16.1. The summed E-state index contributed by atoms with van der Waals surface area (Å²) in [5.41, 5.74) is 2.32. The summed E-state index contributed by atoms with van der Waals surface area (Å²) in [6.45, 7) is 3.79. The number of aryl methyl sites for hydroxylation is 2. The second-order valence-corrected chi connectivity index (χ2v) is 5.48. The minimum absolute atomic E-state index is 0.312. The summed E-state index contributed by atoms with van der Waals surface area (Å²) in [5, 5.41) is 10.9. The van der Waals surface area contributed by atoms with E-state index in [0.29, 0.717) is 22.0 Å². The first-order valence-electron chi connectivity index (χ1n) is 6.33. The summed E-state index contributed by atoms with van der Waals surface area (Å²) in [6, 6.07) is 7.72. The van der Waals surface area contributed by atoms with Crippen LogP contribution >= 0.6 is 11.3 Å². The van der Waals surface area contributed by atoms with Crippen molar-refractivity contribution in [3.8, 4) is 10.6 Å². The van der Waals surface area contributed by atoms with Gasteiger partial charge in [-0.15, -0.1) is 11.3 Å². The van der Waals surface area contributed by atoms with Crippen LogP contribution in [0.4, 0.5) is 0 Å². The topological polar surface area (TPSA) is 63.3 Å². The molecule has 0 aliphatic heterocycles. The summed E-state index contributed by atoms with van der Waals surface area (Å²) in [5.74, 6) is -0.157. The minimum Gasteiger partial charge on any atom is -0.477 e. The van der Waals surface area contributed by atoms with Crippen LogP contribution in [-0.4, -0.2) is 16.1 Å². The number of aromatic carboxylic acids is 1. The molecule has 2 aromatic heterocycles. The molecule has 20 heavy (non-hydrogen) atoms. The molecule has 3 aromatic rings. The summed E-state index contributed by atoms with van der Waals surface area (Å²) < 4.78 is 5.72. The molecule has 5 heteroatoms. The van der Waals surface area contributed by atoms with Gasteiger partial charge in [0.15, 0.2) is 0 Å². The second kappa shape index (κ2) is 4.76. The molecule has 0 aliphatic carbocycles. The number of hydrogen-bond acceptors (Lipinski definition) is 4. The molecule has 0 unspecified atom stereocenters. The number of thiazole rings is 1. The lowest BCUT2D eigenvalue weighted by molar-refractivity contribution is 0.0701. The number of hydrogen-bond donors (Lipinski definition) is 1. The molecule has 0 saturated carbocycles. The quantitative estimate of drug-likeness (QED) is 0.786. The van der Waals surface area contributed by atoms with Crippen LogP contribution in [0.2, 0.25) is 0 Å². The van der Waals surface area contributed by atoms with Gasteiger partial charge in [-0.25, -0.2) is 9.78 Å². The number of nitrogens with zero attached hydrogens (tertiary/aromatic N) is 1. The van der Waals surface area contributed by atoms with E-state index in [-0.39, 0.29) is 0 Å². The number of carboxylic acids is 1. The fraction of sp³-hybridized carbons (Fsp3) is 0.200. The highest BCUT2D eigenvalue weighted by Gasteiger charge is 2.21. The van der Waals surface area contributed by atoms with Crippen LogP contribution in [-0.2, 0) is 6.42 Å². The van der Waals surface area contributed by atoms with Gasteiger partial charge in [0, 0.05) is 5.39 Å². The number of para-hydroxylation sites is 1. The van der Waals surface area contributed by atoms with Crippen LogP contribution in [0, 0.1) is 6.92 Å². The lowest BCUT2D eigenvalue weighted by atomic mass is 10.1. The molecule has 0 spiro atoms. The van der Waals surface area contributed by atoms with Gasteiger partial charge in [0.2, 0.25) is 0 Å². The van der Waals surface area contributed by atoms with Crippen molar-refractivity contribution in [1.82, 2.24) is 4.98 Å². The van der Waals surface area contributed by atoms with Gasteiger partial charge in [0.1, 0.15) is 21.2 Å². The molecular weight excluding hydrogens is 274 g/mol. The Morgan fingerprint density at radius 2 is 2.15 bits per heavy atom. The van der Waals surface area contributed by atoms with E-state index in [4.69, 9.17) is 4.42 Å². The third kappa shape index (κ3) is 1.91. The smallest absolute Gasteiger partial charge is 0.347 e. The van der Waals surface area contributed by atoms with Crippen molar-refractivity contribution in [2.45, 2.75) is 20.3 Å². The van der Waals surface area contributed by atoms with Crippen molar-refractivity contribution < 1.29 is 14.3 Å². The van der Waals surface area contributed by atoms with E-state index in [9.17, 15) is 9.90 Å². The van der Waals surface area contributed by atoms with Crippen LogP contribution in [0.15, 0.2) is 28.7 Å². The maximum atomic E-state index is 11.3. The highest BCUT2D eigenvalue weighted by Crippen LogP contribution is 2.37. The van der Waals surface area contributed by atoms with Crippen LogP contribution in [0.25, 0.3) is 21.5 Å². The number of aromatic nitrogens is 1. The highest BCUT2D eigenvalue weighted by molar-refractivity contribution is 7.17. The Labute approximate surface area is 119 Å². The maximum Gasteiger partial charge on any atom is 0.347 e. The molecule has 0 saturated heterocycles. The molecule has 3 rings (SSSR count). The predicted molar refractivity (Wildman–Crippen MR) is 78.4 cm³/mol. The molecule has 0 radical (unpaired) electrons. The standard InChI is InChI=1S/C15H13NO3S/c1-3-10-13(15(17)18)20-14(16-10)12-8(2)19-11-7-5-4-6-9(11)12/h4-7H,3H2,1-2H3,(H,17,18). The van der Waals surface area contributed by atoms with Gasteiger partial charge < -0.3 is 9.52 Å². The Hall–Kier alpha value is -2.14. The number of fused-ring (bicyclic) bond motifs is 1. The van der Waals surface area contributed by atoms with Gasteiger partial charge in [0.05, 0.1) is 11.3 Å². The van der Waals surface area contributed by atoms with E-state index in [1.54, 1.807) is 0 Å².